The highest BCUT2D eigenvalue weighted by molar-refractivity contribution is 5.95. The molecule has 1 saturated heterocycles. The molecule has 4 nitrogen and oxygen atoms in total. The van der Waals surface area contributed by atoms with E-state index in [2.05, 4.69) is 29.9 Å². The van der Waals surface area contributed by atoms with Gasteiger partial charge in [0.1, 0.15) is 5.82 Å². The van der Waals surface area contributed by atoms with Crippen molar-refractivity contribution in [2.45, 2.75) is 39.5 Å². The lowest BCUT2D eigenvalue weighted by atomic mass is 10.0. The van der Waals surface area contributed by atoms with Gasteiger partial charge in [-0.25, -0.2) is 9.97 Å². The Morgan fingerprint density at radius 2 is 1.96 bits per heavy atom. The number of aromatic nitrogens is 2. The molecule has 1 aliphatic rings. The summed E-state index contributed by atoms with van der Waals surface area (Å²) in [6.07, 6.45) is 1.42. The molecule has 1 atom stereocenters. The van der Waals surface area contributed by atoms with E-state index in [9.17, 15) is 4.79 Å². The number of carbonyl (C=O) groups excluding carboxylic acids is 1. The molecular formula is C19H23N3O. The van der Waals surface area contributed by atoms with Gasteiger partial charge in [0, 0.05) is 30.0 Å². The number of hydrogen-bond donors (Lipinski definition) is 0. The number of hydrogen-bond acceptors (Lipinski definition) is 3. The van der Waals surface area contributed by atoms with Gasteiger partial charge in [-0.1, -0.05) is 32.0 Å². The molecule has 0 spiro atoms. The molecule has 1 fully saturated rings. The summed E-state index contributed by atoms with van der Waals surface area (Å²) in [5, 5.41) is 0. The summed E-state index contributed by atoms with van der Waals surface area (Å²) in [6.45, 7) is 6.98. The molecule has 0 unspecified atom stereocenters. The molecule has 1 amide bonds. The minimum absolute atomic E-state index is 0.205. The summed E-state index contributed by atoms with van der Waals surface area (Å²) in [6, 6.07) is 12.0. The lowest BCUT2D eigenvalue weighted by Crippen LogP contribution is -2.24. The maximum Gasteiger partial charge on any atom is 0.227 e. The molecule has 1 aromatic heterocycles. The van der Waals surface area contributed by atoms with Crippen LogP contribution in [0.5, 0.6) is 0 Å². The van der Waals surface area contributed by atoms with E-state index in [0.717, 1.165) is 35.9 Å². The Bertz CT molecular complexity index is 697. The first-order valence-corrected chi connectivity index (χ1v) is 8.23. The van der Waals surface area contributed by atoms with Crippen LogP contribution in [0.2, 0.25) is 0 Å². The fraction of sp³-hybridized carbons (Fsp3) is 0.421. The molecule has 1 aliphatic heterocycles. The van der Waals surface area contributed by atoms with Gasteiger partial charge in [0.15, 0.2) is 0 Å². The standard InChI is InChI=1S/C19H23N3O/c1-13(2)18-11-16(20-14(3)21-18)9-15-10-19(23)22(12-15)17-7-5-4-6-8-17/h4-8,11,13,15H,9-10,12H2,1-3H3/t15-/m0/s1. The summed E-state index contributed by atoms with van der Waals surface area (Å²) in [5.74, 6) is 1.73. The number of rotatable bonds is 4. The molecule has 1 aromatic carbocycles. The topological polar surface area (TPSA) is 46.1 Å². The SMILES string of the molecule is Cc1nc(C[C@H]2CC(=O)N(c3ccccc3)C2)cc(C(C)C)n1. The van der Waals surface area contributed by atoms with Crippen LogP contribution >= 0.6 is 0 Å². The fourth-order valence-electron chi connectivity index (χ4n) is 3.13. The van der Waals surface area contributed by atoms with Crippen molar-refractivity contribution in [1.29, 1.82) is 0 Å². The van der Waals surface area contributed by atoms with Crippen LogP contribution in [-0.4, -0.2) is 22.4 Å². The van der Waals surface area contributed by atoms with Crippen LogP contribution < -0.4 is 4.90 Å². The van der Waals surface area contributed by atoms with E-state index < -0.39 is 0 Å². The highest BCUT2D eigenvalue weighted by atomic mass is 16.2. The van der Waals surface area contributed by atoms with E-state index in [1.807, 2.05) is 42.2 Å². The van der Waals surface area contributed by atoms with E-state index in [1.54, 1.807) is 0 Å². The second-order valence-electron chi connectivity index (χ2n) is 6.60. The Kier molecular flexibility index (Phi) is 4.42. The van der Waals surface area contributed by atoms with Gasteiger partial charge >= 0.3 is 0 Å². The van der Waals surface area contributed by atoms with Crippen molar-refractivity contribution in [3.63, 3.8) is 0 Å². The van der Waals surface area contributed by atoms with Crippen LogP contribution in [0.3, 0.4) is 0 Å². The van der Waals surface area contributed by atoms with E-state index in [1.165, 1.54) is 0 Å². The number of anilines is 1. The average molecular weight is 309 g/mol. The monoisotopic (exact) mass is 309 g/mol. The molecule has 3 rings (SSSR count). The molecule has 23 heavy (non-hydrogen) atoms. The molecule has 0 radical (unpaired) electrons. The Morgan fingerprint density at radius 3 is 2.65 bits per heavy atom. The number of nitrogens with zero attached hydrogens (tertiary/aromatic N) is 3. The van der Waals surface area contributed by atoms with Gasteiger partial charge in [0.25, 0.3) is 0 Å². The summed E-state index contributed by atoms with van der Waals surface area (Å²) in [5.41, 5.74) is 3.12. The lowest BCUT2D eigenvalue weighted by molar-refractivity contribution is -0.117. The van der Waals surface area contributed by atoms with Crippen molar-refractivity contribution in [1.82, 2.24) is 9.97 Å². The zero-order valence-electron chi connectivity index (χ0n) is 14.0. The first-order chi connectivity index (χ1) is 11.0. The van der Waals surface area contributed by atoms with Crippen LogP contribution in [0.1, 0.15) is 43.4 Å². The second kappa shape index (κ2) is 6.49. The van der Waals surface area contributed by atoms with Gasteiger partial charge < -0.3 is 4.90 Å². The number of benzene rings is 1. The van der Waals surface area contributed by atoms with E-state index in [4.69, 9.17) is 0 Å². The van der Waals surface area contributed by atoms with Crippen LogP contribution in [0.15, 0.2) is 36.4 Å². The Morgan fingerprint density at radius 1 is 1.22 bits per heavy atom. The second-order valence-corrected chi connectivity index (χ2v) is 6.60. The molecule has 0 N–H and O–H groups in total. The zero-order chi connectivity index (χ0) is 16.4. The van der Waals surface area contributed by atoms with Crippen molar-refractivity contribution in [3.05, 3.63) is 53.6 Å². The van der Waals surface area contributed by atoms with Gasteiger partial charge in [-0.3, -0.25) is 4.79 Å². The zero-order valence-corrected chi connectivity index (χ0v) is 14.0. The molecule has 4 heteroatoms. The molecular weight excluding hydrogens is 286 g/mol. The largest absolute Gasteiger partial charge is 0.312 e. The third-order valence-corrected chi connectivity index (χ3v) is 4.27. The Labute approximate surface area is 137 Å². The molecule has 0 bridgehead atoms. The van der Waals surface area contributed by atoms with Crippen molar-refractivity contribution in [2.75, 3.05) is 11.4 Å². The molecule has 0 aliphatic carbocycles. The minimum atomic E-state index is 0.205. The van der Waals surface area contributed by atoms with Gasteiger partial charge in [0.05, 0.1) is 0 Å². The summed E-state index contributed by atoms with van der Waals surface area (Å²) in [4.78, 5) is 23.3. The smallest absolute Gasteiger partial charge is 0.227 e. The van der Waals surface area contributed by atoms with Crippen molar-refractivity contribution >= 4 is 11.6 Å². The first kappa shape index (κ1) is 15.7. The van der Waals surface area contributed by atoms with Crippen molar-refractivity contribution < 1.29 is 4.79 Å². The first-order valence-electron chi connectivity index (χ1n) is 8.23. The van der Waals surface area contributed by atoms with E-state index in [0.29, 0.717) is 18.3 Å². The van der Waals surface area contributed by atoms with Gasteiger partial charge in [-0.15, -0.1) is 0 Å². The quantitative estimate of drug-likeness (QED) is 0.868. The number of para-hydroxylation sites is 1. The van der Waals surface area contributed by atoms with Crippen molar-refractivity contribution in [3.8, 4) is 0 Å². The maximum absolute atomic E-state index is 12.3. The van der Waals surface area contributed by atoms with Gasteiger partial charge in [-0.05, 0) is 43.4 Å². The van der Waals surface area contributed by atoms with Gasteiger partial charge in [-0.2, -0.15) is 0 Å². The number of amides is 1. The van der Waals surface area contributed by atoms with Crippen LogP contribution in [-0.2, 0) is 11.2 Å². The predicted molar refractivity (Wildman–Crippen MR) is 91.5 cm³/mol. The highest BCUT2D eigenvalue weighted by Gasteiger charge is 2.30. The predicted octanol–water partition coefficient (Wildman–Crippen LogP) is 3.50. The third kappa shape index (κ3) is 3.58. The highest BCUT2D eigenvalue weighted by Crippen LogP contribution is 2.27. The molecule has 0 saturated carbocycles. The van der Waals surface area contributed by atoms with E-state index in [-0.39, 0.29) is 5.91 Å². The summed E-state index contributed by atoms with van der Waals surface area (Å²) < 4.78 is 0. The minimum Gasteiger partial charge on any atom is -0.312 e. The molecule has 120 valence electrons. The van der Waals surface area contributed by atoms with Crippen molar-refractivity contribution in [2.24, 2.45) is 5.92 Å². The Hall–Kier alpha value is -2.23. The number of aryl methyl sites for hydroxylation is 1. The molecule has 2 aromatic rings. The van der Waals surface area contributed by atoms with Crippen LogP contribution in [0.25, 0.3) is 0 Å². The average Bonchev–Trinajstić information content (AvgIpc) is 2.88. The third-order valence-electron chi connectivity index (χ3n) is 4.27. The number of carbonyl (C=O) groups is 1. The van der Waals surface area contributed by atoms with Crippen LogP contribution in [0.4, 0.5) is 5.69 Å². The van der Waals surface area contributed by atoms with Gasteiger partial charge in [0.2, 0.25) is 5.91 Å². The van der Waals surface area contributed by atoms with E-state index >= 15 is 0 Å². The normalized spacial score (nSPS) is 18.0. The maximum atomic E-state index is 12.3. The Balaban J connectivity index is 1.74. The summed E-state index contributed by atoms with van der Waals surface area (Å²) in [7, 11) is 0. The summed E-state index contributed by atoms with van der Waals surface area (Å²) >= 11 is 0. The lowest BCUT2D eigenvalue weighted by Gasteiger charge is -2.16. The molecule has 2 heterocycles. The van der Waals surface area contributed by atoms with Crippen LogP contribution in [0, 0.1) is 12.8 Å². The fourth-order valence-corrected chi connectivity index (χ4v) is 3.13.